The second-order valence-electron chi connectivity index (χ2n) is 2.79. The highest BCUT2D eigenvalue weighted by atomic mass is 35.5. The molecule has 0 saturated carbocycles. The van der Waals surface area contributed by atoms with Gasteiger partial charge in [-0.2, -0.15) is 0 Å². The number of nitrogens with zero attached hydrogens (tertiary/aromatic N) is 1. The van der Waals surface area contributed by atoms with Crippen LogP contribution >= 0.6 is 11.6 Å². The molecule has 0 spiro atoms. The molecule has 3 nitrogen and oxygen atoms in total. The molecule has 66 valence electrons. The molecule has 1 heterocycles. The predicted molar refractivity (Wildman–Crippen MR) is 45.7 cm³/mol. The lowest BCUT2D eigenvalue weighted by atomic mass is 10.1. The fourth-order valence-electron chi connectivity index (χ4n) is 1.26. The monoisotopic (exact) mass is 187 g/mol. The van der Waals surface area contributed by atoms with Crippen molar-refractivity contribution >= 4 is 22.8 Å². The molecule has 1 aliphatic heterocycles. The summed E-state index contributed by atoms with van der Waals surface area (Å²) in [6.45, 7) is 4.45. The van der Waals surface area contributed by atoms with Gasteiger partial charge in [0.1, 0.15) is 0 Å². The molecule has 0 aromatic rings. The second kappa shape index (κ2) is 3.72. The van der Waals surface area contributed by atoms with E-state index in [4.69, 9.17) is 11.6 Å². The topological polar surface area (TPSA) is 37.4 Å². The SMILES string of the molecule is C=CCN1CC(C(=O)Cl)CC1=O. The first kappa shape index (κ1) is 9.26. The number of hydrogen-bond donors (Lipinski definition) is 0. The number of rotatable bonds is 3. The summed E-state index contributed by atoms with van der Waals surface area (Å²) in [4.78, 5) is 23.4. The molecule has 12 heavy (non-hydrogen) atoms. The van der Waals surface area contributed by atoms with E-state index < -0.39 is 5.24 Å². The molecule has 0 aliphatic carbocycles. The van der Waals surface area contributed by atoms with Gasteiger partial charge in [-0.05, 0) is 11.6 Å². The Kier molecular flexibility index (Phi) is 2.87. The average Bonchev–Trinajstić information content (AvgIpc) is 2.34. The minimum atomic E-state index is -0.421. The highest BCUT2D eigenvalue weighted by molar-refractivity contribution is 6.64. The predicted octanol–water partition coefficient (Wildman–Crippen LogP) is 0.786. The maximum absolute atomic E-state index is 11.1. The Hall–Kier alpha value is -0.830. The molecule has 1 atom stereocenters. The summed E-state index contributed by atoms with van der Waals surface area (Å²) in [5.41, 5.74) is 0. The highest BCUT2D eigenvalue weighted by Gasteiger charge is 2.32. The summed E-state index contributed by atoms with van der Waals surface area (Å²) in [7, 11) is 0. The molecule has 1 amide bonds. The molecular weight excluding hydrogens is 178 g/mol. The third-order valence-corrected chi connectivity index (χ3v) is 2.19. The van der Waals surface area contributed by atoms with Crippen molar-refractivity contribution in [3.05, 3.63) is 12.7 Å². The zero-order chi connectivity index (χ0) is 9.14. The van der Waals surface area contributed by atoms with Gasteiger partial charge in [-0.1, -0.05) is 6.08 Å². The van der Waals surface area contributed by atoms with E-state index in [-0.39, 0.29) is 18.2 Å². The van der Waals surface area contributed by atoms with Gasteiger partial charge in [-0.3, -0.25) is 9.59 Å². The van der Waals surface area contributed by atoms with Crippen LogP contribution in [0.4, 0.5) is 0 Å². The Balaban J connectivity index is 2.55. The number of carbonyl (C=O) groups excluding carboxylic acids is 2. The lowest BCUT2D eigenvalue weighted by molar-refractivity contribution is -0.127. The maximum Gasteiger partial charge on any atom is 0.227 e. The number of carbonyl (C=O) groups is 2. The fraction of sp³-hybridized carbons (Fsp3) is 0.500. The lowest BCUT2D eigenvalue weighted by Gasteiger charge is -2.12. The molecule has 0 bridgehead atoms. The Bertz CT molecular complexity index is 227. The van der Waals surface area contributed by atoms with E-state index in [9.17, 15) is 9.59 Å². The van der Waals surface area contributed by atoms with E-state index in [0.29, 0.717) is 13.1 Å². The third-order valence-electron chi connectivity index (χ3n) is 1.88. The zero-order valence-corrected chi connectivity index (χ0v) is 7.38. The molecule has 1 fully saturated rings. The number of amides is 1. The summed E-state index contributed by atoms with van der Waals surface area (Å²) in [5, 5.41) is -0.421. The van der Waals surface area contributed by atoms with Gasteiger partial charge in [0.2, 0.25) is 11.1 Å². The summed E-state index contributed by atoms with van der Waals surface area (Å²) in [5.74, 6) is -0.340. The van der Waals surface area contributed by atoms with Crippen LogP contribution < -0.4 is 0 Å². The molecule has 0 N–H and O–H groups in total. The molecule has 0 radical (unpaired) electrons. The Morgan fingerprint density at radius 2 is 2.50 bits per heavy atom. The van der Waals surface area contributed by atoms with Crippen molar-refractivity contribution in [3.8, 4) is 0 Å². The van der Waals surface area contributed by atoms with Crippen LogP contribution in [0.1, 0.15) is 6.42 Å². The van der Waals surface area contributed by atoms with E-state index >= 15 is 0 Å². The van der Waals surface area contributed by atoms with Crippen molar-refractivity contribution in [1.29, 1.82) is 0 Å². The van der Waals surface area contributed by atoms with Gasteiger partial charge >= 0.3 is 0 Å². The minimum Gasteiger partial charge on any atom is -0.338 e. The van der Waals surface area contributed by atoms with Crippen LogP contribution in [-0.2, 0) is 9.59 Å². The summed E-state index contributed by atoms with van der Waals surface area (Å²) in [6.07, 6.45) is 1.88. The van der Waals surface area contributed by atoms with Gasteiger partial charge in [0.15, 0.2) is 0 Å². The third kappa shape index (κ3) is 1.85. The van der Waals surface area contributed by atoms with Crippen LogP contribution in [0.5, 0.6) is 0 Å². The van der Waals surface area contributed by atoms with E-state index in [1.165, 1.54) is 0 Å². The summed E-state index contributed by atoms with van der Waals surface area (Å²) >= 11 is 5.27. The highest BCUT2D eigenvalue weighted by Crippen LogP contribution is 2.19. The van der Waals surface area contributed by atoms with Crippen LogP contribution in [0.15, 0.2) is 12.7 Å². The van der Waals surface area contributed by atoms with E-state index in [2.05, 4.69) is 6.58 Å². The van der Waals surface area contributed by atoms with Crippen molar-refractivity contribution in [2.24, 2.45) is 5.92 Å². The molecule has 0 aromatic carbocycles. The second-order valence-corrected chi connectivity index (χ2v) is 3.17. The quantitative estimate of drug-likeness (QED) is 0.484. The zero-order valence-electron chi connectivity index (χ0n) is 6.62. The largest absolute Gasteiger partial charge is 0.338 e. The summed E-state index contributed by atoms with van der Waals surface area (Å²) < 4.78 is 0. The van der Waals surface area contributed by atoms with Gasteiger partial charge in [-0.15, -0.1) is 6.58 Å². The van der Waals surface area contributed by atoms with Crippen molar-refractivity contribution in [2.75, 3.05) is 13.1 Å². The first-order valence-electron chi connectivity index (χ1n) is 3.73. The first-order chi connectivity index (χ1) is 5.65. The average molecular weight is 188 g/mol. The smallest absolute Gasteiger partial charge is 0.227 e. The van der Waals surface area contributed by atoms with Crippen molar-refractivity contribution in [1.82, 2.24) is 4.90 Å². The van der Waals surface area contributed by atoms with Gasteiger partial charge in [0.25, 0.3) is 0 Å². The Morgan fingerprint density at radius 1 is 1.83 bits per heavy atom. The van der Waals surface area contributed by atoms with E-state index in [1.807, 2.05) is 0 Å². The number of hydrogen-bond acceptors (Lipinski definition) is 2. The van der Waals surface area contributed by atoms with Crippen LogP contribution in [0, 0.1) is 5.92 Å². The van der Waals surface area contributed by atoms with Crippen molar-refractivity contribution < 1.29 is 9.59 Å². The molecule has 1 saturated heterocycles. The number of likely N-dealkylation sites (tertiary alicyclic amines) is 1. The van der Waals surface area contributed by atoms with Gasteiger partial charge in [-0.25, -0.2) is 0 Å². The maximum atomic E-state index is 11.1. The van der Waals surface area contributed by atoms with Crippen LogP contribution in [0.3, 0.4) is 0 Å². The van der Waals surface area contributed by atoms with Gasteiger partial charge in [0.05, 0.1) is 5.92 Å². The van der Waals surface area contributed by atoms with Gasteiger partial charge < -0.3 is 4.90 Å². The lowest BCUT2D eigenvalue weighted by Crippen LogP contribution is -2.25. The van der Waals surface area contributed by atoms with E-state index in [0.717, 1.165) is 0 Å². The van der Waals surface area contributed by atoms with Crippen molar-refractivity contribution in [3.63, 3.8) is 0 Å². The van der Waals surface area contributed by atoms with Gasteiger partial charge in [0, 0.05) is 19.5 Å². The van der Waals surface area contributed by atoms with Crippen molar-refractivity contribution in [2.45, 2.75) is 6.42 Å². The Labute approximate surface area is 76.0 Å². The molecule has 1 aliphatic rings. The molecule has 0 aromatic heterocycles. The first-order valence-corrected chi connectivity index (χ1v) is 4.11. The molecule has 1 unspecified atom stereocenters. The fourth-order valence-corrected chi connectivity index (χ4v) is 1.40. The standard InChI is InChI=1S/C8H10ClNO2/c1-2-3-10-5-6(8(9)12)4-7(10)11/h2,6H,1,3-5H2. The van der Waals surface area contributed by atoms with Crippen LogP contribution in [-0.4, -0.2) is 29.1 Å². The summed E-state index contributed by atoms with van der Waals surface area (Å²) in [6, 6.07) is 0. The normalized spacial score (nSPS) is 22.9. The molecular formula is C8H10ClNO2. The number of halogens is 1. The molecule has 4 heteroatoms. The molecule has 1 rings (SSSR count). The minimum absolute atomic E-state index is 0.0195. The van der Waals surface area contributed by atoms with E-state index in [1.54, 1.807) is 11.0 Å². The Morgan fingerprint density at radius 3 is 2.92 bits per heavy atom. The van der Waals surface area contributed by atoms with Crippen LogP contribution in [0.25, 0.3) is 0 Å². The van der Waals surface area contributed by atoms with Crippen LogP contribution in [0.2, 0.25) is 0 Å².